The molecule has 4 nitrogen and oxygen atoms in total. The second kappa shape index (κ2) is 6.21. The Labute approximate surface area is 145 Å². The van der Waals surface area contributed by atoms with E-state index in [1.807, 2.05) is 29.2 Å². The van der Waals surface area contributed by atoms with Gasteiger partial charge in [-0.3, -0.25) is 4.79 Å². The lowest BCUT2D eigenvalue weighted by atomic mass is 10.0. The Morgan fingerprint density at radius 1 is 1.17 bits per heavy atom. The van der Waals surface area contributed by atoms with Gasteiger partial charge in [0.25, 0.3) is 5.91 Å². The first-order valence-corrected chi connectivity index (χ1v) is 8.34. The molecule has 0 radical (unpaired) electrons. The normalized spacial score (nSPS) is 13.8. The first-order valence-electron chi connectivity index (χ1n) is 7.96. The summed E-state index contributed by atoms with van der Waals surface area (Å²) < 4.78 is 5.58. The monoisotopic (exact) mass is 340 g/mol. The van der Waals surface area contributed by atoms with Crippen LogP contribution in [-0.2, 0) is 17.8 Å². The molecule has 4 rings (SSSR count). The molecule has 0 aliphatic carbocycles. The van der Waals surface area contributed by atoms with Crippen LogP contribution in [0.1, 0.15) is 11.3 Å². The summed E-state index contributed by atoms with van der Waals surface area (Å²) >= 11 is 6.06. The van der Waals surface area contributed by atoms with Gasteiger partial charge in [-0.1, -0.05) is 41.9 Å². The molecule has 0 spiro atoms. The zero-order valence-electron chi connectivity index (χ0n) is 13.1. The number of hydrogen-bond donors (Lipinski definition) is 1. The maximum absolute atomic E-state index is 12.5. The second-order valence-electron chi connectivity index (χ2n) is 5.91. The molecule has 1 aliphatic heterocycles. The summed E-state index contributed by atoms with van der Waals surface area (Å²) in [5.41, 5.74) is 3.57. The number of nitrogens with zero attached hydrogens (tertiary/aromatic N) is 1. The first-order chi connectivity index (χ1) is 11.7. The standard InChI is InChI=1S/C19H17ClN2O2/c20-15-6-2-4-8-18(15)24-12-19(23)22-10-9-17-14(11-22)13-5-1-3-7-16(13)21-17/h1-8,21H,9-12H2. The van der Waals surface area contributed by atoms with E-state index < -0.39 is 0 Å². The number of ether oxygens (including phenoxy) is 1. The minimum absolute atomic E-state index is 0.00141. The number of amides is 1. The van der Waals surface area contributed by atoms with Gasteiger partial charge in [0.2, 0.25) is 0 Å². The van der Waals surface area contributed by atoms with Crippen molar-refractivity contribution in [2.75, 3.05) is 13.2 Å². The lowest BCUT2D eigenvalue weighted by Gasteiger charge is -2.27. The number of aromatic nitrogens is 1. The zero-order chi connectivity index (χ0) is 16.5. The van der Waals surface area contributed by atoms with Crippen LogP contribution in [0.5, 0.6) is 5.75 Å². The van der Waals surface area contributed by atoms with Gasteiger partial charge in [-0.2, -0.15) is 0 Å². The van der Waals surface area contributed by atoms with Gasteiger partial charge in [-0.15, -0.1) is 0 Å². The van der Waals surface area contributed by atoms with E-state index >= 15 is 0 Å². The maximum Gasteiger partial charge on any atom is 0.260 e. The molecule has 1 amide bonds. The molecule has 3 aromatic rings. The Kier molecular flexibility index (Phi) is 3.90. The summed E-state index contributed by atoms with van der Waals surface area (Å²) in [5.74, 6) is 0.517. The number of nitrogens with one attached hydrogen (secondary N) is 1. The van der Waals surface area contributed by atoms with E-state index in [0.29, 0.717) is 23.9 Å². The number of rotatable bonds is 3. The van der Waals surface area contributed by atoms with Gasteiger partial charge >= 0.3 is 0 Å². The predicted octanol–water partition coefficient (Wildman–Crippen LogP) is 3.79. The minimum Gasteiger partial charge on any atom is -0.482 e. The summed E-state index contributed by atoms with van der Waals surface area (Å²) in [4.78, 5) is 17.8. The van der Waals surface area contributed by atoms with Gasteiger partial charge in [-0.05, 0) is 18.2 Å². The number of carbonyl (C=O) groups excluding carboxylic acids is 1. The SMILES string of the molecule is O=C(COc1ccccc1Cl)N1CCc2[nH]c3ccccc3c2C1. The average Bonchev–Trinajstić information content (AvgIpc) is 2.98. The van der Waals surface area contributed by atoms with Crippen LogP contribution in [0.2, 0.25) is 5.02 Å². The van der Waals surface area contributed by atoms with Crippen LogP contribution in [0.25, 0.3) is 10.9 Å². The number of carbonyl (C=O) groups is 1. The van der Waals surface area contributed by atoms with E-state index in [9.17, 15) is 4.79 Å². The van der Waals surface area contributed by atoms with Gasteiger partial charge in [0, 0.05) is 41.7 Å². The molecule has 0 bridgehead atoms. The number of halogens is 1. The molecule has 0 saturated carbocycles. The van der Waals surface area contributed by atoms with Gasteiger partial charge in [-0.25, -0.2) is 0 Å². The number of fused-ring (bicyclic) bond motifs is 3. The maximum atomic E-state index is 12.5. The summed E-state index contributed by atoms with van der Waals surface area (Å²) in [6.07, 6.45) is 0.835. The summed E-state index contributed by atoms with van der Waals surface area (Å²) in [6.45, 7) is 1.32. The molecular formula is C19H17ClN2O2. The number of hydrogen-bond acceptors (Lipinski definition) is 2. The Balaban J connectivity index is 1.48. The van der Waals surface area contributed by atoms with Crippen LogP contribution >= 0.6 is 11.6 Å². The van der Waals surface area contributed by atoms with Crippen molar-refractivity contribution in [1.82, 2.24) is 9.88 Å². The fourth-order valence-corrected chi connectivity index (χ4v) is 3.36. The third kappa shape index (κ3) is 2.74. The Morgan fingerprint density at radius 3 is 2.83 bits per heavy atom. The van der Waals surface area contributed by atoms with Crippen molar-refractivity contribution in [3.8, 4) is 5.75 Å². The molecule has 0 unspecified atom stereocenters. The van der Waals surface area contributed by atoms with Crippen molar-refractivity contribution in [2.45, 2.75) is 13.0 Å². The van der Waals surface area contributed by atoms with Crippen molar-refractivity contribution in [2.24, 2.45) is 0 Å². The zero-order valence-corrected chi connectivity index (χ0v) is 13.8. The highest BCUT2D eigenvalue weighted by molar-refractivity contribution is 6.32. The molecule has 0 atom stereocenters. The number of para-hydroxylation sites is 2. The molecule has 2 aromatic carbocycles. The van der Waals surface area contributed by atoms with Gasteiger partial charge in [0.15, 0.2) is 6.61 Å². The highest BCUT2D eigenvalue weighted by atomic mass is 35.5. The van der Waals surface area contributed by atoms with E-state index in [4.69, 9.17) is 16.3 Å². The quantitative estimate of drug-likeness (QED) is 0.788. The Bertz CT molecular complexity index is 903. The van der Waals surface area contributed by atoms with Crippen LogP contribution < -0.4 is 4.74 Å². The van der Waals surface area contributed by atoms with Crippen molar-refractivity contribution in [1.29, 1.82) is 0 Å². The van der Waals surface area contributed by atoms with E-state index in [-0.39, 0.29) is 12.5 Å². The van der Waals surface area contributed by atoms with Crippen molar-refractivity contribution in [3.05, 3.63) is 64.8 Å². The Morgan fingerprint density at radius 2 is 1.96 bits per heavy atom. The van der Waals surface area contributed by atoms with Crippen LogP contribution in [0.15, 0.2) is 48.5 Å². The third-order valence-electron chi connectivity index (χ3n) is 4.42. The first kappa shape index (κ1) is 15.1. The van der Waals surface area contributed by atoms with Crippen LogP contribution in [0, 0.1) is 0 Å². The van der Waals surface area contributed by atoms with E-state index in [0.717, 1.165) is 11.9 Å². The van der Waals surface area contributed by atoms with Gasteiger partial charge in [0.1, 0.15) is 5.75 Å². The lowest BCUT2D eigenvalue weighted by Crippen LogP contribution is -2.38. The molecule has 2 heterocycles. The second-order valence-corrected chi connectivity index (χ2v) is 6.32. The number of aromatic amines is 1. The van der Waals surface area contributed by atoms with Crippen LogP contribution in [0.4, 0.5) is 0 Å². The van der Waals surface area contributed by atoms with E-state index in [1.165, 1.54) is 16.6 Å². The third-order valence-corrected chi connectivity index (χ3v) is 4.74. The largest absolute Gasteiger partial charge is 0.482 e. The minimum atomic E-state index is -0.0224. The highest BCUT2D eigenvalue weighted by Gasteiger charge is 2.24. The number of H-pyrrole nitrogens is 1. The number of benzene rings is 2. The van der Waals surface area contributed by atoms with Crippen LogP contribution in [-0.4, -0.2) is 28.9 Å². The van der Waals surface area contributed by atoms with Gasteiger partial charge in [0.05, 0.1) is 5.02 Å². The van der Waals surface area contributed by atoms with E-state index in [1.54, 1.807) is 12.1 Å². The molecule has 1 N–H and O–H groups in total. The lowest BCUT2D eigenvalue weighted by molar-refractivity contribution is -0.134. The average molecular weight is 341 g/mol. The molecule has 0 fully saturated rings. The van der Waals surface area contributed by atoms with Crippen molar-refractivity contribution < 1.29 is 9.53 Å². The topological polar surface area (TPSA) is 45.3 Å². The molecule has 1 aromatic heterocycles. The fraction of sp³-hybridized carbons (Fsp3) is 0.211. The smallest absolute Gasteiger partial charge is 0.260 e. The summed E-state index contributed by atoms with van der Waals surface area (Å²) in [6, 6.07) is 15.4. The van der Waals surface area contributed by atoms with Crippen molar-refractivity contribution >= 4 is 28.4 Å². The van der Waals surface area contributed by atoms with E-state index in [2.05, 4.69) is 17.1 Å². The van der Waals surface area contributed by atoms with Crippen LogP contribution in [0.3, 0.4) is 0 Å². The highest BCUT2D eigenvalue weighted by Crippen LogP contribution is 2.28. The predicted molar refractivity (Wildman–Crippen MR) is 94.4 cm³/mol. The molecule has 5 heteroatoms. The molecule has 24 heavy (non-hydrogen) atoms. The molecular weight excluding hydrogens is 324 g/mol. The molecule has 1 aliphatic rings. The summed E-state index contributed by atoms with van der Waals surface area (Å²) in [5, 5.41) is 1.71. The molecule has 0 saturated heterocycles. The summed E-state index contributed by atoms with van der Waals surface area (Å²) in [7, 11) is 0. The van der Waals surface area contributed by atoms with Crippen molar-refractivity contribution in [3.63, 3.8) is 0 Å². The van der Waals surface area contributed by atoms with Gasteiger partial charge < -0.3 is 14.6 Å². The fourth-order valence-electron chi connectivity index (χ4n) is 3.17. The Hall–Kier alpha value is -2.46. The molecule has 122 valence electrons.